The van der Waals surface area contributed by atoms with E-state index in [1.165, 1.54) is 5.56 Å². The Morgan fingerprint density at radius 1 is 1.57 bits per heavy atom. The second-order valence-electron chi connectivity index (χ2n) is 3.48. The van der Waals surface area contributed by atoms with Crippen molar-refractivity contribution in [3.63, 3.8) is 0 Å². The van der Waals surface area contributed by atoms with E-state index in [0.29, 0.717) is 6.04 Å². The maximum Gasteiger partial charge on any atom is 0.0445 e. The topological polar surface area (TPSA) is 45.1 Å². The summed E-state index contributed by atoms with van der Waals surface area (Å²) in [5, 5.41) is 12.0. The highest BCUT2D eigenvalue weighted by atomic mass is 16.3. The molecule has 0 spiro atoms. The Morgan fingerprint density at radius 2 is 2.43 bits per heavy atom. The molecule has 1 aromatic heterocycles. The SMILES string of the molecule is CC(CCO)NCCc1cccnc1. The molecule has 3 heteroatoms. The van der Waals surface area contributed by atoms with Crippen LogP contribution in [0.5, 0.6) is 0 Å². The minimum absolute atomic E-state index is 0.251. The van der Waals surface area contributed by atoms with Gasteiger partial charge in [0, 0.05) is 25.0 Å². The first-order valence-corrected chi connectivity index (χ1v) is 5.06. The smallest absolute Gasteiger partial charge is 0.0445 e. The van der Waals surface area contributed by atoms with Crippen molar-refractivity contribution in [3.8, 4) is 0 Å². The van der Waals surface area contributed by atoms with Crippen molar-refractivity contribution in [1.82, 2.24) is 10.3 Å². The van der Waals surface area contributed by atoms with Gasteiger partial charge in [-0.05, 0) is 37.9 Å². The summed E-state index contributed by atoms with van der Waals surface area (Å²) in [5.74, 6) is 0. The van der Waals surface area contributed by atoms with Gasteiger partial charge in [-0.2, -0.15) is 0 Å². The zero-order valence-corrected chi connectivity index (χ0v) is 8.61. The Morgan fingerprint density at radius 3 is 3.07 bits per heavy atom. The van der Waals surface area contributed by atoms with E-state index in [0.717, 1.165) is 19.4 Å². The van der Waals surface area contributed by atoms with Gasteiger partial charge in [-0.1, -0.05) is 6.07 Å². The highest BCUT2D eigenvalue weighted by Crippen LogP contribution is 1.96. The number of pyridine rings is 1. The molecule has 1 rings (SSSR count). The van der Waals surface area contributed by atoms with E-state index in [1.54, 1.807) is 6.20 Å². The Bertz CT molecular complexity index is 238. The van der Waals surface area contributed by atoms with E-state index in [-0.39, 0.29) is 6.61 Å². The number of aliphatic hydroxyl groups is 1. The molecule has 78 valence electrons. The lowest BCUT2D eigenvalue weighted by molar-refractivity contribution is 0.269. The van der Waals surface area contributed by atoms with Crippen LogP contribution in [-0.2, 0) is 6.42 Å². The first-order chi connectivity index (χ1) is 6.83. The van der Waals surface area contributed by atoms with E-state index in [2.05, 4.69) is 23.3 Å². The lowest BCUT2D eigenvalue weighted by Crippen LogP contribution is -2.28. The van der Waals surface area contributed by atoms with Gasteiger partial charge >= 0.3 is 0 Å². The van der Waals surface area contributed by atoms with Crippen molar-refractivity contribution in [2.24, 2.45) is 0 Å². The molecule has 1 aromatic rings. The van der Waals surface area contributed by atoms with Crippen LogP contribution in [0.2, 0.25) is 0 Å². The van der Waals surface area contributed by atoms with Crippen LogP contribution in [-0.4, -0.2) is 29.3 Å². The van der Waals surface area contributed by atoms with Gasteiger partial charge in [-0.15, -0.1) is 0 Å². The number of aromatic nitrogens is 1. The standard InChI is InChI=1S/C11H18N2O/c1-10(5-8-14)13-7-4-11-3-2-6-12-9-11/h2-3,6,9-10,13-14H,4-5,7-8H2,1H3. The number of hydrogen-bond acceptors (Lipinski definition) is 3. The van der Waals surface area contributed by atoms with E-state index in [1.807, 2.05) is 12.3 Å². The van der Waals surface area contributed by atoms with Crippen LogP contribution in [0.25, 0.3) is 0 Å². The first-order valence-electron chi connectivity index (χ1n) is 5.06. The fraction of sp³-hybridized carbons (Fsp3) is 0.545. The fourth-order valence-corrected chi connectivity index (χ4v) is 1.30. The zero-order chi connectivity index (χ0) is 10.2. The van der Waals surface area contributed by atoms with Crippen LogP contribution < -0.4 is 5.32 Å². The maximum atomic E-state index is 8.70. The molecule has 0 aromatic carbocycles. The molecule has 0 bridgehead atoms. The fourth-order valence-electron chi connectivity index (χ4n) is 1.30. The van der Waals surface area contributed by atoms with E-state index in [4.69, 9.17) is 5.11 Å². The summed E-state index contributed by atoms with van der Waals surface area (Å²) in [7, 11) is 0. The van der Waals surface area contributed by atoms with E-state index >= 15 is 0 Å². The summed E-state index contributed by atoms with van der Waals surface area (Å²) >= 11 is 0. The molecule has 0 aliphatic rings. The van der Waals surface area contributed by atoms with Crippen LogP contribution in [0.4, 0.5) is 0 Å². The predicted octanol–water partition coefficient (Wildman–Crippen LogP) is 0.985. The molecule has 0 aliphatic carbocycles. The van der Waals surface area contributed by atoms with Crippen LogP contribution in [0.1, 0.15) is 18.9 Å². The molecule has 1 atom stereocenters. The largest absolute Gasteiger partial charge is 0.396 e. The van der Waals surface area contributed by atoms with Gasteiger partial charge in [-0.25, -0.2) is 0 Å². The van der Waals surface area contributed by atoms with Crippen molar-refractivity contribution in [2.45, 2.75) is 25.8 Å². The number of aliphatic hydroxyl groups excluding tert-OH is 1. The normalized spacial score (nSPS) is 12.7. The van der Waals surface area contributed by atoms with E-state index in [9.17, 15) is 0 Å². The van der Waals surface area contributed by atoms with Gasteiger partial charge in [0.25, 0.3) is 0 Å². The monoisotopic (exact) mass is 194 g/mol. The van der Waals surface area contributed by atoms with E-state index < -0.39 is 0 Å². The maximum absolute atomic E-state index is 8.70. The third-order valence-corrected chi connectivity index (χ3v) is 2.19. The average molecular weight is 194 g/mol. The molecule has 3 nitrogen and oxygen atoms in total. The summed E-state index contributed by atoms with van der Waals surface area (Å²) in [6.45, 7) is 3.27. The molecule has 0 amide bonds. The Kier molecular flexibility index (Phi) is 5.19. The van der Waals surface area contributed by atoms with Crippen molar-refractivity contribution < 1.29 is 5.11 Å². The predicted molar refractivity (Wildman–Crippen MR) is 57.1 cm³/mol. The van der Waals surface area contributed by atoms with Crippen LogP contribution in [0.15, 0.2) is 24.5 Å². The quantitative estimate of drug-likeness (QED) is 0.709. The summed E-state index contributed by atoms with van der Waals surface area (Å²) < 4.78 is 0. The highest BCUT2D eigenvalue weighted by molar-refractivity contribution is 5.08. The van der Waals surface area contributed by atoms with Crippen LogP contribution in [0, 0.1) is 0 Å². The second-order valence-corrected chi connectivity index (χ2v) is 3.48. The molecular weight excluding hydrogens is 176 g/mol. The molecule has 0 radical (unpaired) electrons. The molecule has 1 unspecified atom stereocenters. The Hall–Kier alpha value is -0.930. The number of nitrogens with zero attached hydrogens (tertiary/aromatic N) is 1. The van der Waals surface area contributed by atoms with Gasteiger partial charge in [0.15, 0.2) is 0 Å². The molecule has 0 saturated carbocycles. The summed E-state index contributed by atoms with van der Waals surface area (Å²) in [4.78, 5) is 4.05. The molecule has 1 heterocycles. The second kappa shape index (κ2) is 6.51. The average Bonchev–Trinajstić information content (AvgIpc) is 2.20. The zero-order valence-electron chi connectivity index (χ0n) is 8.61. The lowest BCUT2D eigenvalue weighted by Gasteiger charge is -2.11. The minimum Gasteiger partial charge on any atom is -0.396 e. The number of hydrogen-bond donors (Lipinski definition) is 2. The molecule has 0 saturated heterocycles. The van der Waals surface area contributed by atoms with Crippen molar-refractivity contribution in [3.05, 3.63) is 30.1 Å². The van der Waals surface area contributed by atoms with Gasteiger partial charge in [0.1, 0.15) is 0 Å². The third-order valence-electron chi connectivity index (χ3n) is 2.19. The minimum atomic E-state index is 0.251. The number of rotatable bonds is 6. The first kappa shape index (κ1) is 11.1. The molecular formula is C11H18N2O. The summed E-state index contributed by atoms with van der Waals surface area (Å²) in [5.41, 5.74) is 1.25. The number of nitrogens with one attached hydrogen (secondary N) is 1. The summed E-state index contributed by atoms with van der Waals surface area (Å²) in [6, 6.07) is 4.41. The lowest BCUT2D eigenvalue weighted by atomic mass is 10.2. The summed E-state index contributed by atoms with van der Waals surface area (Å²) in [6.07, 6.45) is 5.47. The molecule has 2 N–H and O–H groups in total. The van der Waals surface area contributed by atoms with Crippen molar-refractivity contribution >= 4 is 0 Å². The van der Waals surface area contributed by atoms with Gasteiger partial charge in [-0.3, -0.25) is 4.98 Å². The third kappa shape index (κ3) is 4.35. The van der Waals surface area contributed by atoms with Gasteiger partial charge in [0.05, 0.1) is 0 Å². The Balaban J connectivity index is 2.16. The molecule has 0 fully saturated rings. The Labute approximate surface area is 85.2 Å². The van der Waals surface area contributed by atoms with Crippen LogP contribution >= 0.6 is 0 Å². The van der Waals surface area contributed by atoms with Gasteiger partial charge in [0.2, 0.25) is 0 Å². The highest BCUT2D eigenvalue weighted by Gasteiger charge is 1.99. The van der Waals surface area contributed by atoms with Crippen molar-refractivity contribution in [2.75, 3.05) is 13.2 Å². The molecule has 0 aliphatic heterocycles. The van der Waals surface area contributed by atoms with Gasteiger partial charge < -0.3 is 10.4 Å². The molecule has 14 heavy (non-hydrogen) atoms. The van der Waals surface area contributed by atoms with Crippen LogP contribution in [0.3, 0.4) is 0 Å². The van der Waals surface area contributed by atoms with Crippen molar-refractivity contribution in [1.29, 1.82) is 0 Å².